The van der Waals surface area contributed by atoms with Crippen molar-refractivity contribution in [1.29, 1.82) is 5.26 Å². The molecule has 0 radical (unpaired) electrons. The molecule has 0 amide bonds. The normalized spacial score (nSPS) is 12.1. The van der Waals surface area contributed by atoms with Gasteiger partial charge in [-0.15, -0.1) is 0 Å². The van der Waals surface area contributed by atoms with Crippen LogP contribution in [-0.4, -0.2) is 14.4 Å². The molecule has 0 atom stereocenters. The molecule has 0 saturated carbocycles. The molecular formula is C29H24N3O3P. The number of hydrogen-bond donors (Lipinski definition) is 2. The Bertz CT molecular complexity index is 1640. The van der Waals surface area contributed by atoms with Crippen molar-refractivity contribution in [3.63, 3.8) is 0 Å². The number of para-hydroxylation sites is 2. The van der Waals surface area contributed by atoms with Crippen molar-refractivity contribution in [3.8, 4) is 6.07 Å². The lowest BCUT2D eigenvalue weighted by Gasteiger charge is -2.25. The van der Waals surface area contributed by atoms with Crippen LogP contribution < -0.4 is 4.90 Å². The predicted octanol–water partition coefficient (Wildman–Crippen LogP) is 7.33. The highest BCUT2D eigenvalue weighted by Crippen LogP contribution is 2.45. The molecule has 1 heterocycles. The molecule has 2 N–H and O–H groups in total. The summed E-state index contributed by atoms with van der Waals surface area (Å²) in [6.07, 6.45) is 1.26. The molecule has 7 heteroatoms. The molecule has 5 aromatic rings. The third-order valence-electron chi connectivity index (χ3n) is 6.21. The number of benzene rings is 4. The molecule has 1 aromatic heterocycles. The lowest BCUT2D eigenvalue weighted by Crippen LogP contribution is -2.09. The molecule has 0 spiro atoms. The summed E-state index contributed by atoms with van der Waals surface area (Å²) in [6.45, 7) is 2.85. The highest BCUT2D eigenvalue weighted by Gasteiger charge is 2.21. The molecule has 4 aromatic carbocycles. The minimum Gasteiger partial charge on any atom is -0.341 e. The van der Waals surface area contributed by atoms with Gasteiger partial charge in [0.2, 0.25) is 0 Å². The number of hydrogen-bond acceptors (Lipinski definition) is 3. The quantitative estimate of drug-likeness (QED) is 0.191. The molecule has 0 aliphatic carbocycles. The minimum absolute atomic E-state index is 0.555. The van der Waals surface area contributed by atoms with Gasteiger partial charge in [-0.05, 0) is 73.2 Å². The smallest absolute Gasteiger partial charge is 0.341 e. The van der Waals surface area contributed by atoms with Crippen molar-refractivity contribution in [2.75, 3.05) is 4.90 Å². The summed E-state index contributed by atoms with van der Waals surface area (Å²) in [5, 5.41) is 10.7. The molecule has 36 heavy (non-hydrogen) atoms. The van der Waals surface area contributed by atoms with E-state index in [1.807, 2.05) is 48.5 Å². The van der Waals surface area contributed by atoms with Crippen LogP contribution in [0.1, 0.15) is 12.5 Å². The standard InChI is InChI=1S/C29H24N3O3P/c1-2-31-28-15-13-21(17-25(20-30)36(33,34)35)18-26(28)27-19-24(14-16-29(27)31)32(22-9-5-3-6-10-22)23-11-7-4-8-12-23/h3-19H,2H2,1H3,(H2,33,34,35)/b25-17-. The van der Waals surface area contributed by atoms with E-state index in [-0.39, 0.29) is 0 Å². The maximum atomic E-state index is 11.7. The fraction of sp³-hybridized carbons (Fsp3) is 0.0690. The predicted molar refractivity (Wildman–Crippen MR) is 145 cm³/mol. The number of nitriles is 1. The Kier molecular flexibility index (Phi) is 6.22. The maximum absolute atomic E-state index is 11.7. The summed E-state index contributed by atoms with van der Waals surface area (Å²) in [6, 6.07) is 33.9. The second-order valence-electron chi connectivity index (χ2n) is 8.41. The molecule has 0 bridgehead atoms. The first-order valence-corrected chi connectivity index (χ1v) is 13.2. The third-order valence-corrected chi connectivity index (χ3v) is 7.06. The van der Waals surface area contributed by atoms with E-state index in [4.69, 9.17) is 0 Å². The van der Waals surface area contributed by atoms with Gasteiger partial charge < -0.3 is 19.3 Å². The minimum atomic E-state index is -4.65. The van der Waals surface area contributed by atoms with E-state index >= 15 is 0 Å². The van der Waals surface area contributed by atoms with Gasteiger partial charge in [0.25, 0.3) is 0 Å². The fourth-order valence-electron chi connectivity index (χ4n) is 4.62. The van der Waals surface area contributed by atoms with Gasteiger partial charge >= 0.3 is 7.60 Å². The average molecular weight is 494 g/mol. The summed E-state index contributed by atoms with van der Waals surface area (Å²) < 4.78 is 13.9. The zero-order valence-electron chi connectivity index (χ0n) is 19.6. The number of aromatic nitrogens is 1. The Morgan fingerprint density at radius 1 is 0.861 bits per heavy atom. The van der Waals surface area contributed by atoms with Crippen molar-refractivity contribution in [2.45, 2.75) is 13.5 Å². The Morgan fingerprint density at radius 3 is 1.94 bits per heavy atom. The van der Waals surface area contributed by atoms with Gasteiger partial charge in [-0.25, -0.2) is 0 Å². The molecule has 0 saturated heterocycles. The molecule has 6 nitrogen and oxygen atoms in total. The van der Waals surface area contributed by atoms with Crippen LogP contribution in [0, 0.1) is 11.3 Å². The Balaban J connectivity index is 1.74. The van der Waals surface area contributed by atoms with Crippen LogP contribution in [0.3, 0.4) is 0 Å². The molecule has 5 rings (SSSR count). The van der Waals surface area contributed by atoms with Crippen LogP contribution in [0.5, 0.6) is 0 Å². The number of nitrogens with zero attached hydrogens (tertiary/aromatic N) is 3. The van der Waals surface area contributed by atoms with E-state index in [0.717, 1.165) is 45.4 Å². The zero-order chi connectivity index (χ0) is 25.3. The van der Waals surface area contributed by atoms with Crippen LogP contribution in [0.4, 0.5) is 17.1 Å². The Hall–Kier alpha value is -4.14. The molecule has 0 unspecified atom stereocenters. The van der Waals surface area contributed by atoms with Crippen molar-refractivity contribution in [2.24, 2.45) is 0 Å². The number of aryl methyl sites for hydroxylation is 1. The Morgan fingerprint density at radius 2 is 1.42 bits per heavy atom. The van der Waals surface area contributed by atoms with Crippen molar-refractivity contribution < 1.29 is 14.4 Å². The van der Waals surface area contributed by atoms with E-state index in [1.165, 1.54) is 6.08 Å². The lowest BCUT2D eigenvalue weighted by atomic mass is 10.1. The monoisotopic (exact) mass is 493 g/mol. The second kappa shape index (κ2) is 9.49. The lowest BCUT2D eigenvalue weighted by molar-refractivity contribution is 0.384. The summed E-state index contributed by atoms with van der Waals surface area (Å²) in [5.41, 5.74) is 5.70. The van der Waals surface area contributed by atoms with Crippen molar-refractivity contribution in [3.05, 3.63) is 108 Å². The first-order chi connectivity index (χ1) is 17.4. The molecule has 0 aliphatic rings. The van der Waals surface area contributed by atoms with Crippen molar-refractivity contribution in [1.82, 2.24) is 4.57 Å². The summed E-state index contributed by atoms with van der Waals surface area (Å²) in [4.78, 5) is 21.2. The van der Waals surface area contributed by atoms with Gasteiger partial charge in [0, 0.05) is 45.4 Å². The van der Waals surface area contributed by atoms with Crippen LogP contribution >= 0.6 is 7.60 Å². The number of allylic oxidation sites excluding steroid dienone is 1. The SMILES string of the molecule is CCn1c2ccc(/C=C(/C#N)P(=O)(O)O)cc2c2cc(N(c3ccccc3)c3ccccc3)ccc21. The number of fused-ring (bicyclic) bond motifs is 3. The van der Waals surface area contributed by atoms with Gasteiger partial charge in [-0.2, -0.15) is 5.26 Å². The van der Waals surface area contributed by atoms with E-state index in [1.54, 1.807) is 12.1 Å². The second-order valence-corrected chi connectivity index (χ2v) is 9.98. The van der Waals surface area contributed by atoms with Gasteiger partial charge in [0.15, 0.2) is 0 Å². The summed E-state index contributed by atoms with van der Waals surface area (Å²) >= 11 is 0. The van der Waals surface area contributed by atoms with Gasteiger partial charge in [-0.3, -0.25) is 4.57 Å². The zero-order valence-corrected chi connectivity index (χ0v) is 20.5. The van der Waals surface area contributed by atoms with E-state index in [0.29, 0.717) is 5.56 Å². The first-order valence-electron chi connectivity index (χ1n) is 11.5. The maximum Gasteiger partial charge on any atom is 0.366 e. The molecular weight excluding hydrogens is 469 g/mol. The van der Waals surface area contributed by atoms with Crippen LogP contribution in [0.15, 0.2) is 102 Å². The van der Waals surface area contributed by atoms with E-state index in [2.05, 4.69) is 58.9 Å². The highest BCUT2D eigenvalue weighted by molar-refractivity contribution is 7.57. The Labute approximate surface area is 209 Å². The fourth-order valence-corrected chi connectivity index (χ4v) is 5.07. The van der Waals surface area contributed by atoms with Gasteiger partial charge in [0.05, 0.1) is 0 Å². The number of rotatable bonds is 6. The molecule has 178 valence electrons. The first kappa shape index (κ1) is 23.6. The molecule has 0 fully saturated rings. The largest absolute Gasteiger partial charge is 0.366 e. The average Bonchev–Trinajstić information content (AvgIpc) is 3.20. The third kappa shape index (κ3) is 4.32. The van der Waals surface area contributed by atoms with Crippen molar-refractivity contribution >= 4 is 52.5 Å². The number of anilines is 3. The topological polar surface area (TPSA) is 89.5 Å². The highest BCUT2D eigenvalue weighted by atomic mass is 31.2. The summed E-state index contributed by atoms with van der Waals surface area (Å²) in [7, 11) is -4.65. The molecule has 0 aliphatic heterocycles. The van der Waals surface area contributed by atoms with E-state index < -0.39 is 12.9 Å². The summed E-state index contributed by atoms with van der Waals surface area (Å²) in [5.74, 6) is 0. The van der Waals surface area contributed by atoms with Crippen LogP contribution in [0.2, 0.25) is 0 Å². The van der Waals surface area contributed by atoms with E-state index in [9.17, 15) is 19.6 Å². The van der Waals surface area contributed by atoms with Gasteiger partial charge in [-0.1, -0.05) is 42.5 Å². The van der Waals surface area contributed by atoms with Crippen LogP contribution in [0.25, 0.3) is 27.9 Å². The van der Waals surface area contributed by atoms with Crippen LogP contribution in [-0.2, 0) is 11.1 Å². The van der Waals surface area contributed by atoms with Gasteiger partial charge in [0.1, 0.15) is 11.4 Å².